The highest BCUT2D eigenvalue weighted by molar-refractivity contribution is 5.67. The summed E-state index contributed by atoms with van der Waals surface area (Å²) in [5.74, 6) is 0.542. The molecule has 2 N–H and O–H groups in total. The van der Waals surface area contributed by atoms with E-state index in [-0.39, 0.29) is 5.75 Å². The molecule has 2 aromatic carbocycles. The molecule has 0 aromatic heterocycles. The Balaban J connectivity index is 2.45. The summed E-state index contributed by atoms with van der Waals surface area (Å²) in [6.07, 6.45) is 0.812. The number of aryl methyl sites for hydroxylation is 1. The third-order valence-corrected chi connectivity index (χ3v) is 2.65. The Morgan fingerprint density at radius 2 is 1.69 bits per heavy atom. The molecule has 0 aliphatic heterocycles. The second kappa shape index (κ2) is 4.27. The SMILES string of the molecule is CCc1ccc(-c2cccc(O)c2)cc1O. The van der Waals surface area contributed by atoms with E-state index in [2.05, 4.69) is 0 Å². The first-order chi connectivity index (χ1) is 7.70. The molecule has 0 bridgehead atoms. The minimum atomic E-state index is 0.233. The number of rotatable bonds is 2. The minimum absolute atomic E-state index is 0.233. The van der Waals surface area contributed by atoms with Crippen LogP contribution < -0.4 is 0 Å². The molecular formula is C14H14O2. The molecule has 0 radical (unpaired) electrons. The first-order valence-electron chi connectivity index (χ1n) is 5.32. The smallest absolute Gasteiger partial charge is 0.119 e. The fraction of sp³-hybridized carbons (Fsp3) is 0.143. The average Bonchev–Trinajstić information content (AvgIpc) is 2.29. The summed E-state index contributed by atoms with van der Waals surface area (Å²) >= 11 is 0. The lowest BCUT2D eigenvalue weighted by atomic mass is 10.0. The summed E-state index contributed by atoms with van der Waals surface area (Å²) in [6, 6.07) is 12.6. The number of hydrogen-bond acceptors (Lipinski definition) is 2. The van der Waals surface area contributed by atoms with Crippen molar-refractivity contribution < 1.29 is 10.2 Å². The molecule has 0 fully saturated rings. The van der Waals surface area contributed by atoms with Gasteiger partial charge in [-0.2, -0.15) is 0 Å². The Labute approximate surface area is 94.8 Å². The van der Waals surface area contributed by atoms with Crippen molar-refractivity contribution in [1.29, 1.82) is 0 Å². The molecule has 0 amide bonds. The van der Waals surface area contributed by atoms with Crippen LogP contribution in [-0.4, -0.2) is 10.2 Å². The van der Waals surface area contributed by atoms with Crippen molar-refractivity contribution in [1.82, 2.24) is 0 Å². The Bertz CT molecular complexity index is 504. The molecule has 2 heteroatoms. The van der Waals surface area contributed by atoms with Crippen molar-refractivity contribution in [2.24, 2.45) is 0 Å². The minimum Gasteiger partial charge on any atom is -0.508 e. The van der Waals surface area contributed by atoms with Crippen LogP contribution in [0, 0.1) is 0 Å². The van der Waals surface area contributed by atoms with Crippen LogP contribution in [0.15, 0.2) is 42.5 Å². The Kier molecular flexibility index (Phi) is 2.82. The number of benzene rings is 2. The molecule has 0 aliphatic rings. The maximum absolute atomic E-state index is 9.76. The van der Waals surface area contributed by atoms with Gasteiger partial charge in [0, 0.05) is 0 Å². The number of phenols is 2. The van der Waals surface area contributed by atoms with Crippen LogP contribution in [0.25, 0.3) is 11.1 Å². The summed E-state index contributed by atoms with van der Waals surface area (Å²) < 4.78 is 0. The molecule has 16 heavy (non-hydrogen) atoms. The molecule has 2 aromatic rings. The summed E-state index contributed by atoms with van der Waals surface area (Å²) in [4.78, 5) is 0. The molecule has 0 unspecified atom stereocenters. The number of hydrogen-bond donors (Lipinski definition) is 2. The molecule has 0 atom stereocenters. The zero-order valence-electron chi connectivity index (χ0n) is 9.14. The van der Waals surface area contributed by atoms with Gasteiger partial charge in [0.1, 0.15) is 11.5 Å². The van der Waals surface area contributed by atoms with E-state index in [1.54, 1.807) is 24.3 Å². The summed E-state index contributed by atoms with van der Waals surface area (Å²) in [5.41, 5.74) is 2.74. The second-order valence-electron chi connectivity index (χ2n) is 3.75. The van der Waals surface area contributed by atoms with Gasteiger partial charge in [-0.3, -0.25) is 0 Å². The van der Waals surface area contributed by atoms with Crippen LogP contribution in [0.5, 0.6) is 11.5 Å². The van der Waals surface area contributed by atoms with Gasteiger partial charge in [0.05, 0.1) is 0 Å². The summed E-state index contributed by atoms with van der Waals surface area (Å²) in [7, 11) is 0. The lowest BCUT2D eigenvalue weighted by Crippen LogP contribution is -1.83. The third-order valence-electron chi connectivity index (χ3n) is 2.65. The zero-order chi connectivity index (χ0) is 11.5. The van der Waals surface area contributed by atoms with Crippen molar-refractivity contribution in [3.8, 4) is 22.6 Å². The van der Waals surface area contributed by atoms with Crippen LogP contribution in [-0.2, 0) is 6.42 Å². The fourth-order valence-electron chi connectivity index (χ4n) is 1.73. The Hall–Kier alpha value is -1.96. The quantitative estimate of drug-likeness (QED) is 0.805. The number of aromatic hydroxyl groups is 2. The molecule has 2 nitrogen and oxygen atoms in total. The highest BCUT2D eigenvalue weighted by atomic mass is 16.3. The van der Waals surface area contributed by atoms with E-state index in [9.17, 15) is 10.2 Å². The van der Waals surface area contributed by atoms with Gasteiger partial charge in [-0.25, -0.2) is 0 Å². The van der Waals surface area contributed by atoms with Crippen molar-refractivity contribution in [3.63, 3.8) is 0 Å². The van der Waals surface area contributed by atoms with Gasteiger partial charge in [-0.1, -0.05) is 31.2 Å². The van der Waals surface area contributed by atoms with Crippen LogP contribution in [0.3, 0.4) is 0 Å². The van der Waals surface area contributed by atoms with Crippen LogP contribution in [0.1, 0.15) is 12.5 Å². The van der Waals surface area contributed by atoms with Gasteiger partial charge in [0.2, 0.25) is 0 Å². The highest BCUT2D eigenvalue weighted by Gasteiger charge is 2.03. The van der Waals surface area contributed by atoms with Gasteiger partial charge >= 0.3 is 0 Å². The van der Waals surface area contributed by atoms with Crippen molar-refractivity contribution in [3.05, 3.63) is 48.0 Å². The van der Waals surface area contributed by atoms with Gasteiger partial charge < -0.3 is 10.2 Å². The van der Waals surface area contributed by atoms with Gasteiger partial charge in [-0.05, 0) is 41.3 Å². The molecular weight excluding hydrogens is 200 g/mol. The predicted molar refractivity (Wildman–Crippen MR) is 64.6 cm³/mol. The largest absolute Gasteiger partial charge is 0.508 e. The van der Waals surface area contributed by atoms with E-state index < -0.39 is 0 Å². The monoisotopic (exact) mass is 214 g/mol. The second-order valence-corrected chi connectivity index (χ2v) is 3.75. The predicted octanol–water partition coefficient (Wildman–Crippen LogP) is 3.33. The molecule has 0 saturated carbocycles. The van der Waals surface area contributed by atoms with Crippen molar-refractivity contribution in [2.75, 3.05) is 0 Å². The van der Waals surface area contributed by atoms with Gasteiger partial charge in [0.25, 0.3) is 0 Å². The Morgan fingerprint density at radius 1 is 0.938 bits per heavy atom. The standard InChI is InChI=1S/C14H14O2/c1-2-10-6-7-12(9-14(10)16)11-4-3-5-13(15)8-11/h3-9,15-16H,2H2,1H3. The Morgan fingerprint density at radius 3 is 2.31 bits per heavy atom. The molecule has 0 aliphatic carbocycles. The lowest BCUT2D eigenvalue weighted by molar-refractivity contribution is 0.469. The normalized spacial score (nSPS) is 10.3. The number of phenolic OH excluding ortho intramolecular Hbond substituents is 2. The zero-order valence-corrected chi connectivity index (χ0v) is 9.14. The molecule has 82 valence electrons. The fourth-order valence-corrected chi connectivity index (χ4v) is 1.73. The maximum atomic E-state index is 9.76. The highest BCUT2D eigenvalue weighted by Crippen LogP contribution is 2.28. The summed E-state index contributed by atoms with van der Waals surface area (Å²) in [5, 5.41) is 19.1. The van der Waals surface area contributed by atoms with Crippen molar-refractivity contribution in [2.45, 2.75) is 13.3 Å². The van der Waals surface area contributed by atoms with Crippen LogP contribution in [0.2, 0.25) is 0 Å². The van der Waals surface area contributed by atoms with E-state index in [0.29, 0.717) is 5.75 Å². The van der Waals surface area contributed by atoms with E-state index in [1.807, 2.05) is 25.1 Å². The van der Waals surface area contributed by atoms with E-state index in [4.69, 9.17) is 0 Å². The lowest BCUT2D eigenvalue weighted by Gasteiger charge is -2.06. The first-order valence-corrected chi connectivity index (χ1v) is 5.32. The maximum Gasteiger partial charge on any atom is 0.119 e. The topological polar surface area (TPSA) is 40.5 Å². The average molecular weight is 214 g/mol. The third kappa shape index (κ3) is 2.01. The van der Waals surface area contributed by atoms with E-state index in [0.717, 1.165) is 23.1 Å². The molecule has 0 spiro atoms. The van der Waals surface area contributed by atoms with Crippen LogP contribution in [0.4, 0.5) is 0 Å². The van der Waals surface area contributed by atoms with Gasteiger partial charge in [0.15, 0.2) is 0 Å². The van der Waals surface area contributed by atoms with E-state index in [1.165, 1.54) is 0 Å². The molecule has 0 heterocycles. The van der Waals surface area contributed by atoms with Gasteiger partial charge in [-0.15, -0.1) is 0 Å². The molecule has 2 rings (SSSR count). The first kappa shape index (κ1) is 10.6. The molecule has 0 saturated heterocycles. The van der Waals surface area contributed by atoms with Crippen LogP contribution >= 0.6 is 0 Å². The summed E-state index contributed by atoms with van der Waals surface area (Å²) in [6.45, 7) is 2.00. The van der Waals surface area contributed by atoms with Crippen molar-refractivity contribution >= 4 is 0 Å². The van der Waals surface area contributed by atoms with E-state index >= 15 is 0 Å².